The smallest absolute Gasteiger partial charge is 0.744 e. The van der Waals surface area contributed by atoms with Gasteiger partial charge in [-0.05, 0) is 78.9 Å². The van der Waals surface area contributed by atoms with E-state index in [9.17, 15) is 22.9 Å². The number of hydrogen-bond donors (Lipinski definition) is 1. The molecule has 0 saturated carbocycles. The molecule has 5 nitrogen and oxygen atoms in total. The van der Waals surface area contributed by atoms with Crippen LogP contribution in [0.2, 0.25) is 5.02 Å². The molecule has 0 aromatic heterocycles. The summed E-state index contributed by atoms with van der Waals surface area (Å²) in [4.78, 5) is 11.5. The van der Waals surface area contributed by atoms with E-state index in [-0.39, 0.29) is 65.5 Å². The van der Waals surface area contributed by atoms with Crippen LogP contribution in [0.15, 0.2) is 73.0 Å². The number of aromatic hydroxyl groups is 1. The van der Waals surface area contributed by atoms with Crippen LogP contribution in [0.5, 0.6) is 5.75 Å². The van der Waals surface area contributed by atoms with Gasteiger partial charge in [0.05, 0.1) is 23.9 Å². The van der Waals surface area contributed by atoms with Gasteiger partial charge < -0.3 is 9.66 Å². The first-order chi connectivity index (χ1) is 13.5. The second-order valence-electron chi connectivity index (χ2n) is 5.88. The summed E-state index contributed by atoms with van der Waals surface area (Å²) in [6.45, 7) is 0. The van der Waals surface area contributed by atoms with Gasteiger partial charge in [-0.2, -0.15) is 0 Å². The molecule has 1 aliphatic rings. The second kappa shape index (κ2) is 10.0. The van der Waals surface area contributed by atoms with Crippen LogP contribution >= 0.6 is 55.1 Å². The van der Waals surface area contributed by atoms with Gasteiger partial charge in [-0.25, -0.2) is 8.42 Å². The van der Waals surface area contributed by atoms with Crippen LogP contribution in [0.3, 0.4) is 0 Å². The zero-order valence-corrected chi connectivity index (χ0v) is 22.6. The van der Waals surface area contributed by atoms with E-state index in [1.807, 2.05) is 0 Å². The maximum Gasteiger partial charge on any atom is 1.00 e. The Morgan fingerprint density at radius 2 is 1.70 bits per heavy atom. The van der Waals surface area contributed by atoms with Gasteiger partial charge in [0, 0.05) is 5.56 Å². The quantitative estimate of drug-likeness (QED) is 0.431. The third-order valence-corrected chi connectivity index (χ3v) is 6.68. The van der Waals surface area contributed by atoms with Crippen molar-refractivity contribution >= 4 is 76.5 Å². The van der Waals surface area contributed by atoms with E-state index in [4.69, 9.17) is 23.2 Å². The van der Waals surface area contributed by atoms with Crippen LogP contribution in [0.4, 0.5) is 0 Å². The Balaban J connectivity index is 0.00000320. The van der Waals surface area contributed by atoms with Gasteiger partial charge in [-0.15, -0.1) is 0 Å². The predicted molar refractivity (Wildman–Crippen MR) is 117 cm³/mol. The largest absolute Gasteiger partial charge is 1.00 e. The predicted octanol–water partition coefficient (Wildman–Crippen LogP) is 2.50. The topological polar surface area (TPSA) is 94.5 Å². The number of hydrogen-bond acceptors (Lipinski definition) is 5. The van der Waals surface area contributed by atoms with E-state index < -0.39 is 20.8 Å². The number of phenolic OH excluding ortho intramolecular Hbond substituents is 1. The molecule has 0 bridgehead atoms. The molecule has 0 radical (unpaired) electrons. The fourth-order valence-corrected chi connectivity index (χ4v) is 5.05. The third kappa shape index (κ3) is 5.31. The van der Waals surface area contributed by atoms with Gasteiger partial charge in [0.25, 0.3) is 0 Å². The summed E-state index contributed by atoms with van der Waals surface area (Å²) in [5.41, 5.74) is 1.13. The normalized spacial score (nSPS) is 15.8. The molecule has 0 spiro atoms. The van der Waals surface area contributed by atoms with Crippen molar-refractivity contribution in [2.24, 2.45) is 0 Å². The van der Waals surface area contributed by atoms with Crippen molar-refractivity contribution in [3.05, 3.63) is 84.3 Å². The van der Waals surface area contributed by atoms with Crippen LogP contribution in [-0.4, -0.2) is 23.9 Å². The van der Waals surface area contributed by atoms with E-state index in [1.165, 1.54) is 42.5 Å². The molecule has 0 heterocycles. The SMILES string of the molecule is O=C1C(Cl)=CC(=C(c2cc(Cl)c(O)c(Br)c2)c2ccccc2S(=O)(=O)[O-])C=C1Br.[Na+]. The molecule has 0 aliphatic heterocycles. The van der Waals surface area contributed by atoms with Crippen molar-refractivity contribution in [1.82, 2.24) is 0 Å². The van der Waals surface area contributed by atoms with Crippen molar-refractivity contribution in [2.75, 3.05) is 0 Å². The molecular formula is C19H9Br2Cl2NaO5S. The molecule has 11 heteroatoms. The van der Waals surface area contributed by atoms with E-state index >= 15 is 0 Å². The Kier molecular flexibility index (Phi) is 8.63. The first-order valence-electron chi connectivity index (χ1n) is 7.77. The van der Waals surface area contributed by atoms with Gasteiger partial charge in [-0.1, -0.05) is 41.4 Å². The Morgan fingerprint density at radius 1 is 1.07 bits per heavy atom. The van der Waals surface area contributed by atoms with Crippen molar-refractivity contribution in [3.63, 3.8) is 0 Å². The molecule has 0 saturated heterocycles. The number of Topliss-reactive ketones (excluding diaryl/α,β-unsaturated/α-hetero) is 1. The summed E-state index contributed by atoms with van der Waals surface area (Å²) >= 11 is 18.5. The van der Waals surface area contributed by atoms with Crippen LogP contribution in [0, 0.1) is 0 Å². The van der Waals surface area contributed by atoms with Crippen molar-refractivity contribution in [3.8, 4) is 5.75 Å². The standard InChI is InChI=1S/C19H10Br2Cl2O5S.Na/c20-12-5-9(7-14(22)18(12)24)17(10-6-13(21)19(25)15(23)8-10)11-3-1-2-4-16(11)29(26,27)28;/h1-8,24H,(H,26,27,28);/q;+1/p-1. The Labute approximate surface area is 221 Å². The minimum absolute atomic E-state index is 0. The van der Waals surface area contributed by atoms with E-state index in [0.29, 0.717) is 11.1 Å². The molecule has 2 aromatic rings. The molecule has 0 fully saturated rings. The van der Waals surface area contributed by atoms with Gasteiger partial charge in [-0.3, -0.25) is 4.79 Å². The zero-order chi connectivity index (χ0) is 21.5. The van der Waals surface area contributed by atoms with Crippen molar-refractivity contribution < 1.29 is 52.4 Å². The van der Waals surface area contributed by atoms with Crippen molar-refractivity contribution in [2.45, 2.75) is 4.90 Å². The van der Waals surface area contributed by atoms with Crippen LogP contribution in [0.1, 0.15) is 11.1 Å². The number of allylic oxidation sites excluding steroid dienone is 5. The van der Waals surface area contributed by atoms with Crippen LogP contribution in [-0.2, 0) is 14.9 Å². The van der Waals surface area contributed by atoms with E-state index in [0.717, 1.165) is 0 Å². The first-order valence-corrected chi connectivity index (χ1v) is 11.5. The monoisotopic (exact) mass is 600 g/mol. The molecule has 1 aliphatic carbocycles. The van der Waals surface area contributed by atoms with Crippen LogP contribution in [0.25, 0.3) is 5.57 Å². The second-order valence-corrected chi connectivity index (χ2v) is 9.75. The van der Waals surface area contributed by atoms with Crippen molar-refractivity contribution in [1.29, 1.82) is 0 Å². The molecule has 30 heavy (non-hydrogen) atoms. The molecule has 0 unspecified atom stereocenters. The average Bonchev–Trinajstić information content (AvgIpc) is 2.64. The third-order valence-electron chi connectivity index (χ3n) is 4.02. The molecular weight excluding hydrogens is 594 g/mol. The average molecular weight is 603 g/mol. The van der Waals surface area contributed by atoms with Crippen LogP contribution < -0.4 is 29.6 Å². The minimum Gasteiger partial charge on any atom is -0.744 e. The fraction of sp³-hybridized carbons (Fsp3) is 0. The molecule has 150 valence electrons. The maximum atomic E-state index is 12.0. The minimum atomic E-state index is -4.82. The van der Waals surface area contributed by atoms with Gasteiger partial charge >= 0.3 is 29.6 Å². The number of phenols is 1. The number of halogens is 4. The van der Waals surface area contributed by atoms with Gasteiger partial charge in [0.2, 0.25) is 5.78 Å². The fourth-order valence-electron chi connectivity index (χ4n) is 2.78. The van der Waals surface area contributed by atoms with E-state index in [1.54, 1.807) is 6.07 Å². The Bertz CT molecular complexity index is 1210. The number of carbonyl (C=O) groups is 1. The summed E-state index contributed by atoms with van der Waals surface area (Å²) in [6.07, 6.45) is 2.83. The molecule has 2 aromatic carbocycles. The summed E-state index contributed by atoms with van der Waals surface area (Å²) in [5.74, 6) is -0.641. The van der Waals surface area contributed by atoms with Gasteiger partial charge in [0.1, 0.15) is 15.9 Å². The molecule has 3 rings (SSSR count). The number of ketones is 1. The molecule has 0 amide bonds. The summed E-state index contributed by atoms with van der Waals surface area (Å²) in [6, 6.07) is 8.57. The summed E-state index contributed by atoms with van der Waals surface area (Å²) in [5, 5.41) is 9.86. The van der Waals surface area contributed by atoms with Gasteiger partial charge in [0.15, 0.2) is 0 Å². The maximum absolute atomic E-state index is 12.0. The van der Waals surface area contributed by atoms with E-state index in [2.05, 4.69) is 31.9 Å². The number of carbonyl (C=O) groups excluding carboxylic acids is 1. The molecule has 0 atom stereocenters. The zero-order valence-electron chi connectivity index (χ0n) is 15.1. The Morgan fingerprint density at radius 3 is 2.27 bits per heavy atom. The number of rotatable bonds is 3. The summed E-state index contributed by atoms with van der Waals surface area (Å²) in [7, 11) is -4.82. The number of benzene rings is 2. The first kappa shape index (κ1) is 25.8. The summed E-state index contributed by atoms with van der Waals surface area (Å²) < 4.78 is 36.0. The molecule has 1 N–H and O–H groups in total. The Hall–Kier alpha value is -0.420.